The third-order valence-corrected chi connectivity index (χ3v) is 4.72. The van der Waals surface area contributed by atoms with E-state index in [0.717, 1.165) is 28.7 Å². The Morgan fingerprint density at radius 3 is 2.38 bits per heavy atom. The minimum Gasteiger partial charge on any atom is -0.322 e. The van der Waals surface area contributed by atoms with Crippen LogP contribution in [0, 0.1) is 11.8 Å². The summed E-state index contributed by atoms with van der Waals surface area (Å²) < 4.78 is 0. The van der Waals surface area contributed by atoms with Crippen LogP contribution in [0.5, 0.6) is 0 Å². The predicted molar refractivity (Wildman–Crippen MR) is 109 cm³/mol. The number of nitrogens with two attached hydrogens (primary N) is 1. The molecule has 1 rings (SSSR count). The van der Waals surface area contributed by atoms with E-state index < -0.39 is 6.04 Å². The summed E-state index contributed by atoms with van der Waals surface area (Å²) in [4.78, 5) is 23.4. The van der Waals surface area contributed by atoms with Crippen LogP contribution in [-0.4, -0.2) is 17.6 Å². The summed E-state index contributed by atoms with van der Waals surface area (Å²) in [6.45, 7) is 11.9. The number of allylic oxidation sites excluding steroid dienone is 10. The molecule has 0 aromatic heterocycles. The van der Waals surface area contributed by atoms with Crippen LogP contribution >= 0.6 is 0 Å². The molecule has 0 saturated carbocycles. The Balaban J connectivity index is 2.78. The Morgan fingerprint density at radius 1 is 1.15 bits per heavy atom. The van der Waals surface area contributed by atoms with Crippen molar-refractivity contribution in [2.45, 2.75) is 60.4 Å². The maximum atomic E-state index is 12.0. The van der Waals surface area contributed by atoms with Gasteiger partial charge in [0.2, 0.25) is 0 Å². The van der Waals surface area contributed by atoms with Gasteiger partial charge in [-0.1, -0.05) is 61.4 Å². The lowest BCUT2D eigenvalue weighted by Crippen LogP contribution is -2.26. The molecule has 2 N–H and O–H groups in total. The van der Waals surface area contributed by atoms with Crippen LogP contribution in [0.1, 0.15) is 54.4 Å². The lowest BCUT2D eigenvalue weighted by atomic mass is 9.72. The summed E-state index contributed by atoms with van der Waals surface area (Å²) in [6.07, 6.45) is 14.8. The first-order valence-electron chi connectivity index (χ1n) is 9.13. The van der Waals surface area contributed by atoms with E-state index in [0.29, 0.717) is 6.42 Å². The smallest absolute Gasteiger partial charge is 0.158 e. The predicted octanol–water partition coefficient (Wildman–Crippen LogP) is 4.82. The normalized spacial score (nSPS) is 20.3. The molecule has 0 aromatic rings. The van der Waals surface area contributed by atoms with E-state index in [2.05, 4.69) is 19.9 Å². The summed E-state index contributed by atoms with van der Waals surface area (Å²) in [7, 11) is 0. The van der Waals surface area contributed by atoms with Gasteiger partial charge in [-0.2, -0.15) is 0 Å². The van der Waals surface area contributed by atoms with Gasteiger partial charge in [0, 0.05) is 6.42 Å². The van der Waals surface area contributed by atoms with Gasteiger partial charge in [0.15, 0.2) is 11.6 Å². The minimum atomic E-state index is -0.469. The van der Waals surface area contributed by atoms with E-state index in [-0.39, 0.29) is 17.0 Å². The Labute approximate surface area is 158 Å². The number of Topliss-reactive ketones (excluding diaryl/α,β-unsaturated/α-hetero) is 2. The van der Waals surface area contributed by atoms with E-state index in [1.807, 2.05) is 45.1 Å². The second kappa shape index (κ2) is 9.63. The van der Waals surface area contributed by atoms with Crippen molar-refractivity contribution in [3.05, 3.63) is 65.2 Å². The summed E-state index contributed by atoms with van der Waals surface area (Å²) in [5.74, 6) is 0.171. The first kappa shape index (κ1) is 22.0. The third-order valence-electron chi connectivity index (χ3n) is 4.72. The first-order chi connectivity index (χ1) is 12.0. The van der Waals surface area contributed by atoms with Crippen molar-refractivity contribution >= 4 is 11.6 Å². The molecule has 0 unspecified atom stereocenters. The van der Waals surface area contributed by atoms with Crippen LogP contribution in [0.4, 0.5) is 0 Å². The number of rotatable bonds is 7. The van der Waals surface area contributed by atoms with E-state index in [1.54, 1.807) is 13.0 Å². The van der Waals surface area contributed by atoms with Crippen LogP contribution in [0.3, 0.4) is 0 Å². The molecule has 3 nitrogen and oxygen atoms in total. The quantitative estimate of drug-likeness (QED) is 0.667. The van der Waals surface area contributed by atoms with Crippen LogP contribution in [0.25, 0.3) is 0 Å². The number of ketones is 2. The highest BCUT2D eigenvalue weighted by molar-refractivity contribution is 5.97. The Kier molecular flexibility index (Phi) is 8.16. The second-order valence-corrected chi connectivity index (χ2v) is 7.72. The maximum Gasteiger partial charge on any atom is 0.158 e. The molecule has 0 amide bonds. The Hall–Kier alpha value is -2.00. The number of carbonyl (C=O) groups excluding carboxylic acids is 2. The van der Waals surface area contributed by atoms with Crippen LogP contribution < -0.4 is 5.73 Å². The van der Waals surface area contributed by atoms with E-state index >= 15 is 0 Å². The highest BCUT2D eigenvalue weighted by atomic mass is 16.1. The topological polar surface area (TPSA) is 60.2 Å². The molecule has 26 heavy (non-hydrogen) atoms. The van der Waals surface area contributed by atoms with Gasteiger partial charge in [0.05, 0.1) is 12.5 Å². The van der Waals surface area contributed by atoms with E-state index in [9.17, 15) is 9.59 Å². The fourth-order valence-electron chi connectivity index (χ4n) is 2.80. The molecule has 0 heterocycles. The molecule has 0 fully saturated rings. The van der Waals surface area contributed by atoms with Crippen molar-refractivity contribution in [3.8, 4) is 0 Å². The first-order valence-corrected chi connectivity index (χ1v) is 9.13. The van der Waals surface area contributed by atoms with Gasteiger partial charge in [-0.05, 0) is 50.7 Å². The standard InChI is InChI=1S/C23H32NO2/c1-16(8-7-9-17(2)11-13-22(26)19(4)24)10-12-20-18(3)21(25)14-15-23(20,5)6/h7-13,19H,14-15,24H2,1-6H3/t19-/m0/s1. The zero-order valence-corrected chi connectivity index (χ0v) is 16.9. The zero-order valence-electron chi connectivity index (χ0n) is 16.9. The fourth-order valence-corrected chi connectivity index (χ4v) is 2.80. The number of hydrogen-bond donors (Lipinski definition) is 1. The van der Waals surface area contributed by atoms with Gasteiger partial charge >= 0.3 is 0 Å². The Morgan fingerprint density at radius 2 is 1.77 bits per heavy atom. The van der Waals surface area contributed by atoms with E-state index in [4.69, 9.17) is 5.73 Å². The molecule has 1 aliphatic rings. The van der Waals surface area contributed by atoms with Crippen LogP contribution in [0.15, 0.2) is 58.7 Å². The second-order valence-electron chi connectivity index (χ2n) is 7.72. The molecular weight excluding hydrogens is 322 g/mol. The van der Waals surface area contributed by atoms with Crippen molar-refractivity contribution in [3.63, 3.8) is 0 Å². The van der Waals surface area contributed by atoms with Gasteiger partial charge in [0.1, 0.15) is 0 Å². The lowest BCUT2D eigenvalue weighted by Gasteiger charge is -2.32. The molecule has 0 spiro atoms. The summed E-state index contributed by atoms with van der Waals surface area (Å²) in [5.41, 5.74) is 9.64. The van der Waals surface area contributed by atoms with Crippen LogP contribution in [-0.2, 0) is 9.59 Å². The SMILES string of the molecule is CC(C=CC=C(C)C=CC1=C(C)C(=O)CCC1(C)C)=C[CH]C(=O)[C@H](C)N. The highest BCUT2D eigenvalue weighted by Gasteiger charge is 2.30. The fraction of sp³-hybridized carbons (Fsp3) is 0.435. The maximum absolute atomic E-state index is 12.0. The summed E-state index contributed by atoms with van der Waals surface area (Å²) >= 11 is 0. The molecule has 1 radical (unpaired) electrons. The van der Waals surface area contributed by atoms with E-state index in [1.165, 1.54) is 6.42 Å². The van der Waals surface area contributed by atoms with Crippen molar-refractivity contribution in [2.75, 3.05) is 0 Å². The van der Waals surface area contributed by atoms with Crippen molar-refractivity contribution in [1.29, 1.82) is 0 Å². The highest BCUT2D eigenvalue weighted by Crippen LogP contribution is 2.39. The molecule has 0 bridgehead atoms. The number of hydrogen-bond acceptors (Lipinski definition) is 3. The van der Waals surface area contributed by atoms with Crippen LogP contribution in [0.2, 0.25) is 0 Å². The van der Waals surface area contributed by atoms with Gasteiger partial charge in [-0.15, -0.1) is 0 Å². The molecule has 1 aliphatic carbocycles. The molecule has 0 aliphatic heterocycles. The summed E-state index contributed by atoms with van der Waals surface area (Å²) in [6, 6.07) is -0.469. The number of carbonyl (C=O) groups is 2. The molecule has 0 aromatic carbocycles. The third kappa shape index (κ3) is 6.72. The van der Waals surface area contributed by atoms with Gasteiger partial charge in [-0.25, -0.2) is 0 Å². The van der Waals surface area contributed by atoms with Crippen molar-refractivity contribution < 1.29 is 9.59 Å². The monoisotopic (exact) mass is 354 g/mol. The molecule has 0 saturated heterocycles. The molecule has 3 heteroatoms. The molecular formula is C23H32NO2. The van der Waals surface area contributed by atoms with Crippen molar-refractivity contribution in [2.24, 2.45) is 11.1 Å². The van der Waals surface area contributed by atoms with Gasteiger partial charge < -0.3 is 5.73 Å². The van der Waals surface area contributed by atoms with Crippen molar-refractivity contribution in [1.82, 2.24) is 0 Å². The lowest BCUT2D eigenvalue weighted by molar-refractivity contribution is -0.117. The zero-order chi connectivity index (χ0) is 19.9. The largest absolute Gasteiger partial charge is 0.322 e. The molecule has 1 atom stereocenters. The minimum absolute atomic E-state index is 0.0342. The Bertz CT molecular complexity index is 698. The average Bonchev–Trinajstić information content (AvgIpc) is 2.56. The van der Waals surface area contributed by atoms with Gasteiger partial charge in [-0.3, -0.25) is 9.59 Å². The average molecular weight is 355 g/mol. The van der Waals surface area contributed by atoms with Gasteiger partial charge in [0.25, 0.3) is 0 Å². The molecule has 141 valence electrons. The summed E-state index contributed by atoms with van der Waals surface area (Å²) in [5, 5.41) is 0.